The first-order valence-corrected chi connectivity index (χ1v) is 6.99. The average molecular weight is 255 g/mol. The normalized spacial score (nSPS) is 12.2. The van der Waals surface area contributed by atoms with E-state index < -0.39 is 0 Å². The Bertz CT molecular complexity index is 384. The second-order valence-corrected chi connectivity index (χ2v) is 4.87. The molecule has 0 fully saturated rings. The third-order valence-corrected chi connectivity index (χ3v) is 3.58. The zero-order chi connectivity index (χ0) is 12.8. The largest absolute Gasteiger partial charge is 0.368 e. The zero-order valence-corrected chi connectivity index (χ0v) is 11.3. The monoisotopic (exact) mass is 255 g/mol. The number of nitrogens with zero attached hydrogens (tertiary/aromatic N) is 1. The minimum Gasteiger partial charge on any atom is -0.368 e. The molecule has 0 aliphatic rings. The molecule has 0 spiro atoms. The third-order valence-electron chi connectivity index (χ3n) is 2.87. The highest BCUT2D eigenvalue weighted by molar-refractivity contribution is 7.98. The molecule has 94 valence electrons. The predicted molar refractivity (Wildman–Crippen MR) is 72.7 cm³/mol. The number of carbonyl (C=O) groups excluding carboxylic acids is 1. The van der Waals surface area contributed by atoms with Crippen molar-refractivity contribution in [3.63, 3.8) is 0 Å². The number of anilines is 1. The Morgan fingerprint density at radius 1 is 1.53 bits per heavy atom. The maximum absolute atomic E-state index is 13.8. The molecule has 0 N–H and O–H groups in total. The van der Waals surface area contributed by atoms with Crippen molar-refractivity contribution in [1.82, 2.24) is 0 Å². The molecule has 0 aliphatic heterocycles. The number of thioether (sulfide) groups is 1. The minimum absolute atomic E-state index is 0.307. The van der Waals surface area contributed by atoms with Crippen molar-refractivity contribution in [3.05, 3.63) is 29.6 Å². The van der Waals surface area contributed by atoms with Crippen molar-refractivity contribution < 1.29 is 9.18 Å². The topological polar surface area (TPSA) is 20.3 Å². The predicted octanol–water partition coefficient (Wildman–Crippen LogP) is 3.22. The lowest BCUT2D eigenvalue weighted by atomic mass is 10.1. The molecule has 1 atom stereocenters. The lowest BCUT2D eigenvalue weighted by Crippen LogP contribution is -2.33. The van der Waals surface area contributed by atoms with Crippen molar-refractivity contribution in [3.8, 4) is 0 Å². The van der Waals surface area contributed by atoms with Crippen LogP contribution in [0.15, 0.2) is 18.2 Å². The molecule has 4 heteroatoms. The highest BCUT2D eigenvalue weighted by Crippen LogP contribution is 2.23. The van der Waals surface area contributed by atoms with E-state index in [9.17, 15) is 9.18 Å². The summed E-state index contributed by atoms with van der Waals surface area (Å²) < 4.78 is 13.8. The molecule has 0 aliphatic carbocycles. The number of rotatable bonds is 6. The summed E-state index contributed by atoms with van der Waals surface area (Å²) in [5.41, 5.74) is 0.925. The van der Waals surface area contributed by atoms with Crippen LogP contribution in [0.2, 0.25) is 0 Å². The second-order valence-electron chi connectivity index (χ2n) is 3.96. The quantitative estimate of drug-likeness (QED) is 0.728. The van der Waals surface area contributed by atoms with E-state index in [4.69, 9.17) is 0 Å². The summed E-state index contributed by atoms with van der Waals surface area (Å²) in [5, 5.41) is 0. The summed E-state index contributed by atoms with van der Waals surface area (Å²) in [6.45, 7) is 2.09. The van der Waals surface area contributed by atoms with E-state index in [0.29, 0.717) is 23.6 Å². The number of hydrogen-bond acceptors (Lipinski definition) is 3. The molecule has 0 radical (unpaired) electrons. The number of benzene rings is 1. The Morgan fingerprint density at radius 2 is 2.24 bits per heavy atom. The molecular formula is C13H18FNOS. The lowest BCUT2D eigenvalue weighted by Gasteiger charge is -2.29. The summed E-state index contributed by atoms with van der Waals surface area (Å²) >= 11 is 1.75. The maximum Gasteiger partial charge on any atom is 0.150 e. The van der Waals surface area contributed by atoms with Crippen LogP contribution in [0.4, 0.5) is 10.1 Å². The number of hydrogen-bond donors (Lipinski definition) is 0. The van der Waals surface area contributed by atoms with Gasteiger partial charge in [-0.1, -0.05) is 6.92 Å². The van der Waals surface area contributed by atoms with Crippen molar-refractivity contribution in [2.24, 2.45) is 0 Å². The molecule has 2 nitrogen and oxygen atoms in total. The van der Waals surface area contributed by atoms with E-state index in [1.54, 1.807) is 23.9 Å². The van der Waals surface area contributed by atoms with Crippen LogP contribution < -0.4 is 4.90 Å². The molecule has 0 bridgehead atoms. The summed E-state index contributed by atoms with van der Waals surface area (Å²) in [6, 6.07) is 4.90. The highest BCUT2D eigenvalue weighted by Gasteiger charge is 2.16. The zero-order valence-electron chi connectivity index (χ0n) is 10.4. The fourth-order valence-electron chi connectivity index (χ4n) is 1.78. The molecular weight excluding hydrogens is 237 g/mol. The molecule has 0 heterocycles. The van der Waals surface area contributed by atoms with Crippen molar-refractivity contribution in [1.29, 1.82) is 0 Å². The minimum atomic E-state index is -0.336. The molecule has 0 saturated carbocycles. The number of aldehydes is 1. The van der Waals surface area contributed by atoms with Crippen LogP contribution in [0, 0.1) is 5.82 Å². The molecule has 1 unspecified atom stereocenters. The molecule has 1 aromatic carbocycles. The first-order valence-electron chi connectivity index (χ1n) is 5.60. The van der Waals surface area contributed by atoms with Crippen LogP contribution in [-0.4, -0.2) is 31.4 Å². The van der Waals surface area contributed by atoms with Crippen molar-refractivity contribution in [2.45, 2.75) is 19.4 Å². The smallest absolute Gasteiger partial charge is 0.150 e. The van der Waals surface area contributed by atoms with Gasteiger partial charge in [0.05, 0.1) is 5.69 Å². The van der Waals surface area contributed by atoms with Gasteiger partial charge in [-0.3, -0.25) is 4.79 Å². The van der Waals surface area contributed by atoms with Crippen LogP contribution in [0.5, 0.6) is 0 Å². The molecule has 1 aromatic rings. The van der Waals surface area contributed by atoms with Gasteiger partial charge in [0, 0.05) is 24.4 Å². The van der Waals surface area contributed by atoms with Crippen molar-refractivity contribution in [2.75, 3.05) is 24.0 Å². The van der Waals surface area contributed by atoms with Gasteiger partial charge in [-0.15, -0.1) is 0 Å². The first kappa shape index (κ1) is 14.0. The second kappa shape index (κ2) is 6.64. The van der Waals surface area contributed by atoms with Crippen LogP contribution in [0.3, 0.4) is 0 Å². The van der Waals surface area contributed by atoms with Gasteiger partial charge in [0.25, 0.3) is 0 Å². The van der Waals surface area contributed by atoms with Gasteiger partial charge in [-0.25, -0.2) is 4.39 Å². The first-order chi connectivity index (χ1) is 8.13. The fourth-order valence-corrected chi connectivity index (χ4v) is 2.62. The van der Waals surface area contributed by atoms with Gasteiger partial charge in [0.1, 0.15) is 12.1 Å². The Balaban J connectivity index is 2.94. The SMILES string of the molecule is CCC(CSC)N(C)c1ccc(C=O)cc1F. The molecule has 0 saturated heterocycles. The maximum atomic E-state index is 13.8. The highest BCUT2D eigenvalue weighted by atomic mass is 32.2. The van der Waals surface area contributed by atoms with Crippen LogP contribution in [-0.2, 0) is 0 Å². The van der Waals surface area contributed by atoms with E-state index in [1.807, 2.05) is 18.2 Å². The number of carbonyl (C=O) groups is 1. The van der Waals surface area contributed by atoms with E-state index in [1.165, 1.54) is 6.07 Å². The third kappa shape index (κ3) is 3.46. The summed E-state index contributed by atoms with van der Waals surface area (Å²) in [7, 11) is 1.89. The average Bonchev–Trinajstić information content (AvgIpc) is 2.35. The van der Waals surface area contributed by atoms with Crippen LogP contribution in [0.25, 0.3) is 0 Å². The van der Waals surface area contributed by atoms with Gasteiger partial charge in [0.2, 0.25) is 0 Å². The summed E-state index contributed by atoms with van der Waals surface area (Å²) in [4.78, 5) is 12.5. The van der Waals surface area contributed by atoms with E-state index >= 15 is 0 Å². The lowest BCUT2D eigenvalue weighted by molar-refractivity contribution is 0.112. The van der Waals surface area contributed by atoms with Gasteiger partial charge in [0.15, 0.2) is 0 Å². The van der Waals surface area contributed by atoms with Crippen LogP contribution in [0.1, 0.15) is 23.7 Å². The van der Waals surface area contributed by atoms with Crippen LogP contribution >= 0.6 is 11.8 Å². The molecule has 0 amide bonds. The van der Waals surface area contributed by atoms with Gasteiger partial charge < -0.3 is 4.90 Å². The van der Waals surface area contributed by atoms with Gasteiger partial charge in [-0.2, -0.15) is 11.8 Å². The fraction of sp³-hybridized carbons (Fsp3) is 0.462. The number of halogens is 1. The Kier molecular flexibility index (Phi) is 5.48. The van der Waals surface area contributed by atoms with E-state index in [0.717, 1.165) is 12.2 Å². The molecule has 1 rings (SSSR count). The van der Waals surface area contributed by atoms with Gasteiger partial charge in [-0.05, 0) is 30.9 Å². The van der Waals surface area contributed by atoms with E-state index in [2.05, 4.69) is 6.92 Å². The Hall–Kier alpha value is -1.03. The molecule has 17 heavy (non-hydrogen) atoms. The van der Waals surface area contributed by atoms with E-state index in [-0.39, 0.29) is 5.82 Å². The molecule has 0 aromatic heterocycles. The van der Waals surface area contributed by atoms with Crippen molar-refractivity contribution >= 4 is 23.7 Å². The standard InChI is InChI=1S/C13H18FNOS/c1-4-11(9-17-3)15(2)13-6-5-10(8-16)7-12(13)14/h5-8,11H,4,9H2,1-3H3. The Morgan fingerprint density at radius 3 is 2.71 bits per heavy atom. The summed E-state index contributed by atoms with van der Waals surface area (Å²) in [6.07, 6.45) is 3.67. The summed E-state index contributed by atoms with van der Waals surface area (Å²) in [5.74, 6) is 0.624. The van der Waals surface area contributed by atoms with Gasteiger partial charge >= 0.3 is 0 Å². The Labute approximate surface area is 106 Å².